The Morgan fingerprint density at radius 3 is 2.33 bits per heavy atom. The molecule has 0 aliphatic heterocycles. The summed E-state index contributed by atoms with van der Waals surface area (Å²) in [6.45, 7) is 2.46. The molecular formula is C18H24IN5O3. The van der Waals surface area contributed by atoms with Gasteiger partial charge in [0.1, 0.15) is 12.4 Å². The predicted octanol–water partition coefficient (Wildman–Crippen LogP) is 2.87. The normalized spacial score (nSPS) is 10.5. The highest BCUT2D eigenvalue weighted by molar-refractivity contribution is 14.0. The summed E-state index contributed by atoms with van der Waals surface area (Å²) in [5, 5.41) is 20.2. The van der Waals surface area contributed by atoms with E-state index in [-0.39, 0.29) is 29.7 Å². The molecule has 0 bridgehead atoms. The molecule has 0 fully saturated rings. The smallest absolute Gasteiger partial charge is 0.269 e. The molecule has 9 heteroatoms. The van der Waals surface area contributed by atoms with Crippen LogP contribution >= 0.6 is 24.0 Å². The van der Waals surface area contributed by atoms with E-state index in [0.29, 0.717) is 32.2 Å². The van der Waals surface area contributed by atoms with Crippen LogP contribution in [-0.4, -0.2) is 44.2 Å². The third kappa shape index (κ3) is 8.58. The molecule has 0 aliphatic rings. The van der Waals surface area contributed by atoms with Crippen molar-refractivity contribution >= 4 is 41.3 Å². The van der Waals surface area contributed by atoms with Crippen molar-refractivity contribution in [1.29, 1.82) is 0 Å². The minimum Gasteiger partial charge on any atom is -0.492 e. The van der Waals surface area contributed by atoms with Gasteiger partial charge in [-0.15, -0.1) is 24.0 Å². The standard InChI is InChI=1S/C18H23N5O3.HI/c1-19-18(22-13-14-26-17-5-3-2-4-6-17)21-12-11-20-15-7-9-16(10-8-15)23(24)25;/h2-10,20H,11-14H2,1H3,(H2,19,21,22);1H. The highest BCUT2D eigenvalue weighted by atomic mass is 127. The van der Waals surface area contributed by atoms with Gasteiger partial charge in [0.25, 0.3) is 5.69 Å². The number of anilines is 1. The minimum absolute atomic E-state index is 0. The summed E-state index contributed by atoms with van der Waals surface area (Å²) in [7, 11) is 1.71. The van der Waals surface area contributed by atoms with E-state index in [0.717, 1.165) is 11.4 Å². The maximum absolute atomic E-state index is 10.6. The van der Waals surface area contributed by atoms with Gasteiger partial charge in [0.2, 0.25) is 0 Å². The fourth-order valence-electron chi connectivity index (χ4n) is 2.16. The number of guanidine groups is 1. The van der Waals surface area contributed by atoms with Crippen LogP contribution in [0, 0.1) is 10.1 Å². The fourth-order valence-corrected chi connectivity index (χ4v) is 2.16. The second-order valence-electron chi connectivity index (χ2n) is 5.32. The molecule has 0 aliphatic carbocycles. The van der Waals surface area contributed by atoms with Crippen LogP contribution in [0.5, 0.6) is 5.75 Å². The first-order valence-corrected chi connectivity index (χ1v) is 8.30. The van der Waals surface area contributed by atoms with Gasteiger partial charge in [0.05, 0.1) is 11.5 Å². The summed E-state index contributed by atoms with van der Waals surface area (Å²) >= 11 is 0. The molecule has 3 N–H and O–H groups in total. The van der Waals surface area contributed by atoms with Gasteiger partial charge in [-0.05, 0) is 24.3 Å². The lowest BCUT2D eigenvalue weighted by Crippen LogP contribution is -2.41. The second kappa shape index (κ2) is 12.7. The molecule has 0 amide bonds. The minimum atomic E-state index is -0.414. The maximum atomic E-state index is 10.6. The Hall–Kier alpha value is -2.56. The lowest BCUT2D eigenvalue weighted by atomic mass is 10.3. The summed E-state index contributed by atoms with van der Waals surface area (Å²) in [5.41, 5.74) is 0.910. The Bertz CT molecular complexity index is 711. The molecule has 2 aromatic rings. The lowest BCUT2D eigenvalue weighted by molar-refractivity contribution is -0.384. The van der Waals surface area contributed by atoms with Crippen LogP contribution in [0.2, 0.25) is 0 Å². The van der Waals surface area contributed by atoms with E-state index in [1.165, 1.54) is 12.1 Å². The number of nitro groups is 1. The van der Waals surface area contributed by atoms with Crippen molar-refractivity contribution in [2.75, 3.05) is 38.6 Å². The molecule has 0 spiro atoms. The molecule has 0 saturated heterocycles. The Balaban J connectivity index is 0.00000364. The number of nitro benzene ring substituents is 1. The van der Waals surface area contributed by atoms with Gasteiger partial charge in [-0.3, -0.25) is 15.1 Å². The van der Waals surface area contributed by atoms with E-state index in [4.69, 9.17) is 4.74 Å². The zero-order chi connectivity index (χ0) is 18.6. The van der Waals surface area contributed by atoms with E-state index < -0.39 is 4.92 Å². The van der Waals surface area contributed by atoms with E-state index in [1.54, 1.807) is 19.2 Å². The zero-order valence-corrected chi connectivity index (χ0v) is 17.4. The number of halogens is 1. The van der Waals surface area contributed by atoms with Crippen molar-refractivity contribution in [1.82, 2.24) is 10.6 Å². The SMILES string of the molecule is CN=C(NCCNc1ccc([N+](=O)[O-])cc1)NCCOc1ccccc1.I. The topological polar surface area (TPSA) is 101 Å². The van der Waals surface area contributed by atoms with Gasteiger partial charge in [0, 0.05) is 38.0 Å². The van der Waals surface area contributed by atoms with Crippen molar-refractivity contribution in [2.45, 2.75) is 0 Å². The molecule has 0 heterocycles. The number of ether oxygens (including phenoxy) is 1. The third-order valence-electron chi connectivity index (χ3n) is 3.45. The molecule has 2 aromatic carbocycles. The first-order valence-electron chi connectivity index (χ1n) is 8.30. The number of rotatable bonds is 9. The highest BCUT2D eigenvalue weighted by Gasteiger charge is 2.03. The van der Waals surface area contributed by atoms with Crippen molar-refractivity contribution < 1.29 is 9.66 Å². The molecule has 0 atom stereocenters. The van der Waals surface area contributed by atoms with Crippen LogP contribution < -0.4 is 20.7 Å². The van der Waals surface area contributed by atoms with Crippen molar-refractivity contribution in [2.24, 2.45) is 4.99 Å². The summed E-state index contributed by atoms with van der Waals surface area (Å²) in [6, 6.07) is 16.0. The average molecular weight is 485 g/mol. The van der Waals surface area contributed by atoms with Crippen LogP contribution in [0.4, 0.5) is 11.4 Å². The number of para-hydroxylation sites is 1. The number of nitrogens with one attached hydrogen (secondary N) is 3. The van der Waals surface area contributed by atoms with E-state index >= 15 is 0 Å². The number of hydrogen-bond donors (Lipinski definition) is 3. The van der Waals surface area contributed by atoms with Crippen LogP contribution in [-0.2, 0) is 0 Å². The largest absolute Gasteiger partial charge is 0.492 e. The zero-order valence-electron chi connectivity index (χ0n) is 15.1. The molecule has 146 valence electrons. The number of nitrogens with zero attached hydrogens (tertiary/aromatic N) is 2. The van der Waals surface area contributed by atoms with Gasteiger partial charge in [-0.2, -0.15) is 0 Å². The summed E-state index contributed by atoms with van der Waals surface area (Å²) in [4.78, 5) is 14.3. The average Bonchev–Trinajstić information content (AvgIpc) is 2.68. The Kier molecular flexibility index (Phi) is 10.6. The second-order valence-corrected chi connectivity index (χ2v) is 5.32. The summed E-state index contributed by atoms with van der Waals surface area (Å²) in [5.74, 6) is 1.52. The van der Waals surface area contributed by atoms with Gasteiger partial charge in [-0.1, -0.05) is 18.2 Å². The quantitative estimate of drug-likeness (QED) is 0.126. The number of aliphatic imine (C=N–C) groups is 1. The lowest BCUT2D eigenvalue weighted by Gasteiger charge is -2.13. The number of benzene rings is 2. The predicted molar refractivity (Wildman–Crippen MR) is 118 cm³/mol. The van der Waals surface area contributed by atoms with Crippen LogP contribution in [0.3, 0.4) is 0 Å². The van der Waals surface area contributed by atoms with Crippen LogP contribution in [0.15, 0.2) is 59.6 Å². The van der Waals surface area contributed by atoms with Crippen molar-refractivity contribution in [3.05, 3.63) is 64.7 Å². The molecule has 0 saturated carbocycles. The Labute approximate surface area is 175 Å². The first-order chi connectivity index (χ1) is 12.7. The first kappa shape index (κ1) is 22.5. The molecule has 0 radical (unpaired) electrons. The molecule has 0 unspecified atom stereocenters. The van der Waals surface area contributed by atoms with Gasteiger partial charge < -0.3 is 20.7 Å². The van der Waals surface area contributed by atoms with Gasteiger partial charge in [-0.25, -0.2) is 0 Å². The van der Waals surface area contributed by atoms with E-state index in [2.05, 4.69) is 20.9 Å². The van der Waals surface area contributed by atoms with Crippen LogP contribution in [0.1, 0.15) is 0 Å². The third-order valence-corrected chi connectivity index (χ3v) is 3.45. The Morgan fingerprint density at radius 2 is 1.70 bits per heavy atom. The summed E-state index contributed by atoms with van der Waals surface area (Å²) in [6.07, 6.45) is 0. The monoisotopic (exact) mass is 485 g/mol. The maximum Gasteiger partial charge on any atom is 0.269 e. The van der Waals surface area contributed by atoms with Crippen molar-refractivity contribution in [3.8, 4) is 5.75 Å². The highest BCUT2D eigenvalue weighted by Crippen LogP contribution is 2.14. The Morgan fingerprint density at radius 1 is 1.04 bits per heavy atom. The molecule has 0 aromatic heterocycles. The van der Waals surface area contributed by atoms with E-state index in [9.17, 15) is 10.1 Å². The molecular weight excluding hydrogens is 461 g/mol. The summed E-state index contributed by atoms with van der Waals surface area (Å²) < 4.78 is 5.61. The molecule has 2 rings (SSSR count). The number of hydrogen-bond acceptors (Lipinski definition) is 5. The van der Waals surface area contributed by atoms with Crippen LogP contribution in [0.25, 0.3) is 0 Å². The molecule has 8 nitrogen and oxygen atoms in total. The van der Waals surface area contributed by atoms with E-state index in [1.807, 2.05) is 30.3 Å². The fraction of sp³-hybridized carbons (Fsp3) is 0.278. The van der Waals surface area contributed by atoms with Crippen molar-refractivity contribution in [3.63, 3.8) is 0 Å². The number of non-ortho nitro benzene ring substituents is 1. The van der Waals surface area contributed by atoms with Gasteiger partial charge >= 0.3 is 0 Å². The van der Waals surface area contributed by atoms with Gasteiger partial charge in [0.15, 0.2) is 5.96 Å². The molecule has 27 heavy (non-hydrogen) atoms.